The molecular weight excluding hydrogens is 843 g/mol. The molecule has 4 rings (SSSR count). The first-order valence-corrected chi connectivity index (χ1v) is 15.2. The second-order valence-electron chi connectivity index (χ2n) is 11.6. The van der Waals surface area contributed by atoms with Gasteiger partial charge in [-0.05, 0) is 55.0 Å². The number of rotatable bonds is 14. The molecule has 3 aromatic carbocycles. The van der Waals surface area contributed by atoms with Crippen molar-refractivity contribution in [1.29, 1.82) is 0 Å². The van der Waals surface area contributed by atoms with Crippen molar-refractivity contribution < 1.29 is 87.6 Å². The van der Waals surface area contributed by atoms with E-state index in [1.807, 2.05) is 13.8 Å². The van der Waals surface area contributed by atoms with E-state index in [0.717, 1.165) is 0 Å². The van der Waals surface area contributed by atoms with Crippen molar-refractivity contribution in [3.63, 3.8) is 0 Å². The fraction of sp³-hybridized carbons (Fsp3) is 0.382. The zero-order valence-corrected chi connectivity index (χ0v) is 32.3. The van der Waals surface area contributed by atoms with Gasteiger partial charge in [0.15, 0.2) is 11.5 Å². The van der Waals surface area contributed by atoms with Gasteiger partial charge in [0, 0.05) is 91.0 Å². The molecule has 2 atom stereocenters. The predicted molar refractivity (Wildman–Crippen MR) is 172 cm³/mol. The molecular formula is C34H39AcClN2O9. The minimum atomic E-state index is -1.19. The third-order valence-corrected chi connectivity index (χ3v) is 7.75. The monoisotopic (exact) mass is 881 g/mol. The van der Waals surface area contributed by atoms with Gasteiger partial charge in [-0.15, -0.1) is 0 Å². The summed E-state index contributed by atoms with van der Waals surface area (Å²) in [6.07, 6.45) is -1.85. The van der Waals surface area contributed by atoms with Gasteiger partial charge in [0.1, 0.15) is 18.0 Å². The van der Waals surface area contributed by atoms with E-state index in [9.17, 15) is 19.5 Å². The molecule has 3 N–H and O–H groups in total. The van der Waals surface area contributed by atoms with Gasteiger partial charge in [0.05, 0.1) is 32.8 Å². The molecule has 0 saturated heterocycles. The number of hydrogen-bond acceptors (Lipinski definition) is 8. The molecule has 2 amide bonds. The number of carboxylic acid groups (broad SMARTS) is 1. The zero-order valence-electron chi connectivity index (χ0n) is 26.8. The summed E-state index contributed by atoms with van der Waals surface area (Å²) in [6, 6.07) is 16.5. The van der Waals surface area contributed by atoms with E-state index in [0.29, 0.717) is 45.5 Å². The third-order valence-electron chi connectivity index (χ3n) is 7.52. The number of ether oxygens (including phenoxy) is 4. The largest absolute Gasteiger partial charge is 0.494 e. The van der Waals surface area contributed by atoms with E-state index >= 15 is 0 Å². The minimum absolute atomic E-state index is 0. The van der Waals surface area contributed by atoms with Gasteiger partial charge in [-0.25, -0.2) is 4.79 Å². The van der Waals surface area contributed by atoms with Crippen molar-refractivity contribution in [2.24, 2.45) is 5.41 Å². The molecule has 0 bridgehead atoms. The summed E-state index contributed by atoms with van der Waals surface area (Å²) < 4.78 is 23.4. The van der Waals surface area contributed by atoms with Gasteiger partial charge in [-0.3, -0.25) is 9.59 Å². The Morgan fingerprint density at radius 2 is 1.77 bits per heavy atom. The molecule has 249 valence electrons. The Labute approximate surface area is 315 Å². The summed E-state index contributed by atoms with van der Waals surface area (Å²) in [5.74, 6) is -0.456. The van der Waals surface area contributed by atoms with Crippen molar-refractivity contribution >= 4 is 35.1 Å². The van der Waals surface area contributed by atoms with Crippen LogP contribution >= 0.6 is 11.6 Å². The first-order chi connectivity index (χ1) is 22.0. The van der Waals surface area contributed by atoms with Crippen LogP contribution < -0.4 is 24.4 Å². The first-order valence-electron chi connectivity index (χ1n) is 14.8. The van der Waals surface area contributed by atoms with Crippen LogP contribution in [-0.2, 0) is 14.3 Å². The van der Waals surface area contributed by atoms with Crippen LogP contribution in [-0.4, -0.2) is 74.6 Å². The molecule has 47 heavy (non-hydrogen) atoms. The van der Waals surface area contributed by atoms with Gasteiger partial charge < -0.3 is 39.4 Å². The topological polar surface area (TPSA) is 144 Å². The van der Waals surface area contributed by atoms with Crippen LogP contribution in [0.3, 0.4) is 0 Å². The molecule has 0 saturated carbocycles. The van der Waals surface area contributed by atoms with E-state index < -0.39 is 35.4 Å². The summed E-state index contributed by atoms with van der Waals surface area (Å²) in [7, 11) is 3.04. The van der Waals surface area contributed by atoms with Crippen LogP contribution in [0, 0.1) is 49.5 Å². The second kappa shape index (κ2) is 17.5. The Balaban J connectivity index is 0.00000600. The number of carboxylic acids is 1. The van der Waals surface area contributed by atoms with Crippen molar-refractivity contribution in [3.8, 4) is 17.2 Å². The number of methoxy groups -OCH3 is 2. The minimum Gasteiger partial charge on any atom is -0.494 e. The number of benzene rings is 3. The standard InChI is InChI=1S/C34H39ClN2O9.Ac/c1-34(2,20-38)19-37-26-14-11-22(35)17-25(26)30(24-7-5-8-27(43-3)31(24)44-4)46-28(32(37)40)18-29(39)36-15-6-16-45-23-12-9-21(10-13-23)33(41)42;/h5,7-14,17,28,30,38H,6,15-16,18-20H2,1-4H3,(H,36,39)(H,41,42);/t28-,30-;/m1./s1. The molecule has 0 aliphatic carbocycles. The number of hydrogen-bond donors (Lipinski definition) is 3. The normalized spacial score (nSPS) is 16.0. The Morgan fingerprint density at radius 1 is 1.04 bits per heavy atom. The number of aliphatic hydroxyl groups is 1. The molecule has 13 heteroatoms. The summed E-state index contributed by atoms with van der Waals surface area (Å²) in [5, 5.41) is 22.4. The number of carbonyl (C=O) groups excluding carboxylic acids is 2. The number of aromatic carboxylic acids is 1. The predicted octanol–water partition coefficient (Wildman–Crippen LogP) is 4.87. The van der Waals surface area contributed by atoms with Crippen molar-refractivity contribution in [1.82, 2.24) is 5.32 Å². The van der Waals surface area contributed by atoms with Crippen LogP contribution in [0.2, 0.25) is 5.02 Å². The van der Waals surface area contributed by atoms with E-state index in [1.165, 1.54) is 26.4 Å². The molecule has 0 unspecified atom stereocenters. The second-order valence-corrected chi connectivity index (χ2v) is 12.1. The molecule has 3 aromatic rings. The molecule has 0 spiro atoms. The Kier molecular flexibility index (Phi) is 14.4. The van der Waals surface area contributed by atoms with Gasteiger partial charge in [0.2, 0.25) is 5.91 Å². The molecule has 1 radical (unpaired) electrons. The maximum atomic E-state index is 14.2. The first kappa shape index (κ1) is 38.6. The number of fused-ring (bicyclic) bond motifs is 1. The van der Waals surface area contributed by atoms with E-state index in [1.54, 1.807) is 53.4 Å². The Hall–Kier alpha value is -2.88. The molecule has 11 nitrogen and oxygen atoms in total. The fourth-order valence-electron chi connectivity index (χ4n) is 5.13. The van der Waals surface area contributed by atoms with Gasteiger partial charge in [0.25, 0.3) is 5.91 Å². The molecule has 0 fully saturated rings. The van der Waals surface area contributed by atoms with Crippen LogP contribution in [0.25, 0.3) is 0 Å². The maximum absolute atomic E-state index is 14.2. The number of nitrogens with one attached hydrogen (secondary N) is 1. The number of para-hydroxylation sites is 1. The molecule has 1 heterocycles. The van der Waals surface area contributed by atoms with E-state index in [-0.39, 0.29) is 82.3 Å². The third kappa shape index (κ3) is 9.83. The average Bonchev–Trinajstić information content (AvgIpc) is 3.14. The quantitative estimate of drug-likeness (QED) is 0.194. The Bertz CT molecular complexity index is 1550. The van der Waals surface area contributed by atoms with Gasteiger partial charge in [-0.1, -0.05) is 37.6 Å². The summed E-state index contributed by atoms with van der Waals surface area (Å²) in [5.41, 5.74) is 1.22. The van der Waals surface area contributed by atoms with Crippen LogP contribution in [0.5, 0.6) is 17.2 Å². The number of aliphatic hydroxyl groups excluding tert-OH is 1. The zero-order chi connectivity index (χ0) is 33.4. The maximum Gasteiger partial charge on any atom is 0.335 e. The van der Waals surface area contributed by atoms with Gasteiger partial charge in [-0.2, -0.15) is 0 Å². The molecule has 0 aromatic heterocycles. The molecule has 1 aliphatic heterocycles. The number of nitrogens with zero attached hydrogens (tertiary/aromatic N) is 1. The number of anilines is 1. The number of carbonyl (C=O) groups is 3. The average molecular weight is 882 g/mol. The molecule has 1 aliphatic rings. The summed E-state index contributed by atoms with van der Waals surface area (Å²) >= 11 is 6.47. The fourth-order valence-corrected chi connectivity index (χ4v) is 5.31. The van der Waals surface area contributed by atoms with Crippen LogP contribution in [0.15, 0.2) is 60.7 Å². The van der Waals surface area contributed by atoms with E-state index in [4.69, 9.17) is 35.7 Å². The van der Waals surface area contributed by atoms with Crippen molar-refractivity contribution in [3.05, 3.63) is 82.4 Å². The van der Waals surface area contributed by atoms with Crippen LogP contribution in [0.1, 0.15) is 54.3 Å². The smallest absolute Gasteiger partial charge is 0.335 e. The van der Waals surface area contributed by atoms with E-state index in [2.05, 4.69) is 5.32 Å². The van der Waals surface area contributed by atoms with Crippen molar-refractivity contribution in [2.75, 3.05) is 45.4 Å². The number of amides is 2. The number of halogens is 1. The summed E-state index contributed by atoms with van der Waals surface area (Å²) in [4.78, 5) is 39.9. The van der Waals surface area contributed by atoms with Crippen LogP contribution in [0.4, 0.5) is 5.69 Å². The van der Waals surface area contributed by atoms with Crippen molar-refractivity contribution in [2.45, 2.75) is 38.9 Å². The SMILES string of the molecule is COc1cccc([C@H]2O[C@H](CC(=O)NCCCOc3ccc(C(=O)O)cc3)C(=O)N(CC(C)(C)CO)c3ccc(Cl)cc32)c1OC.[Ac]. The van der Waals surface area contributed by atoms with Gasteiger partial charge >= 0.3 is 5.97 Å². The summed E-state index contributed by atoms with van der Waals surface area (Å²) in [6.45, 7) is 4.22. The Morgan fingerprint density at radius 3 is 2.40 bits per heavy atom.